The number of hydrogen-bond donors (Lipinski definition) is 0. The van der Waals surface area contributed by atoms with Crippen LogP contribution in [0.3, 0.4) is 0 Å². The van der Waals surface area contributed by atoms with E-state index < -0.39 is 0 Å². The van der Waals surface area contributed by atoms with Crippen molar-refractivity contribution in [3.05, 3.63) is 41.6 Å². The smallest absolute Gasteiger partial charge is 0.135 e. The number of pyridine rings is 1. The van der Waals surface area contributed by atoms with Crippen molar-refractivity contribution in [2.75, 3.05) is 24.6 Å². The Bertz CT molecular complexity index is 666. The monoisotopic (exact) mass is 312 g/mol. The third-order valence-corrected chi connectivity index (χ3v) is 4.58. The standard InChI is InChI=1S/C18H24N4O/c1-13-10-17(4-7-19-13)23-11-16-5-8-22(9-6-16)18-14(2)15(3)20-12-21-18/h4,7,10,12,16H,5-6,8-9,11H2,1-3H3. The first kappa shape index (κ1) is 15.7. The van der Waals surface area contributed by atoms with Gasteiger partial charge in [0.2, 0.25) is 0 Å². The molecule has 0 bridgehead atoms. The molecule has 3 heterocycles. The summed E-state index contributed by atoms with van der Waals surface area (Å²) in [5, 5.41) is 0. The predicted molar refractivity (Wildman–Crippen MR) is 90.9 cm³/mol. The van der Waals surface area contributed by atoms with Gasteiger partial charge in [-0.15, -0.1) is 0 Å². The van der Waals surface area contributed by atoms with Crippen LogP contribution >= 0.6 is 0 Å². The molecule has 1 saturated heterocycles. The van der Waals surface area contributed by atoms with Crippen LogP contribution in [0.4, 0.5) is 5.82 Å². The Labute approximate surface area is 137 Å². The van der Waals surface area contributed by atoms with E-state index >= 15 is 0 Å². The van der Waals surface area contributed by atoms with E-state index in [1.54, 1.807) is 12.5 Å². The molecule has 2 aromatic rings. The van der Waals surface area contributed by atoms with E-state index in [4.69, 9.17) is 4.74 Å². The van der Waals surface area contributed by atoms with Crippen molar-refractivity contribution < 1.29 is 4.74 Å². The van der Waals surface area contributed by atoms with Gasteiger partial charge in [0.15, 0.2) is 0 Å². The van der Waals surface area contributed by atoms with Crippen molar-refractivity contribution in [1.29, 1.82) is 0 Å². The highest BCUT2D eigenvalue weighted by Gasteiger charge is 2.22. The maximum atomic E-state index is 5.93. The van der Waals surface area contributed by atoms with Crippen molar-refractivity contribution >= 4 is 5.82 Å². The lowest BCUT2D eigenvalue weighted by atomic mass is 9.97. The minimum absolute atomic E-state index is 0.600. The van der Waals surface area contributed by atoms with E-state index in [9.17, 15) is 0 Å². The van der Waals surface area contributed by atoms with Crippen molar-refractivity contribution in [3.8, 4) is 5.75 Å². The molecule has 1 fully saturated rings. The van der Waals surface area contributed by atoms with Gasteiger partial charge in [-0.3, -0.25) is 4.98 Å². The molecular formula is C18H24N4O. The van der Waals surface area contributed by atoms with E-state index in [1.807, 2.05) is 26.0 Å². The Morgan fingerprint density at radius 1 is 1.13 bits per heavy atom. The Morgan fingerprint density at radius 3 is 2.65 bits per heavy atom. The molecule has 3 rings (SSSR count). The second-order valence-electron chi connectivity index (χ2n) is 6.28. The Morgan fingerprint density at radius 2 is 1.91 bits per heavy atom. The molecule has 0 spiro atoms. The summed E-state index contributed by atoms with van der Waals surface area (Å²) in [6.07, 6.45) is 5.73. The first-order chi connectivity index (χ1) is 11.1. The second-order valence-corrected chi connectivity index (χ2v) is 6.28. The number of piperidine rings is 1. The number of anilines is 1. The van der Waals surface area contributed by atoms with Crippen LogP contribution in [0.1, 0.15) is 29.8 Å². The van der Waals surface area contributed by atoms with Crippen LogP contribution < -0.4 is 9.64 Å². The molecule has 0 N–H and O–H groups in total. The lowest BCUT2D eigenvalue weighted by Crippen LogP contribution is -2.36. The van der Waals surface area contributed by atoms with Crippen LogP contribution in [0.5, 0.6) is 5.75 Å². The summed E-state index contributed by atoms with van der Waals surface area (Å²) in [6, 6.07) is 3.91. The predicted octanol–water partition coefficient (Wildman–Crippen LogP) is 3.09. The maximum Gasteiger partial charge on any atom is 0.135 e. The van der Waals surface area contributed by atoms with E-state index in [2.05, 4.69) is 26.8 Å². The molecule has 23 heavy (non-hydrogen) atoms. The van der Waals surface area contributed by atoms with Crippen molar-refractivity contribution in [2.45, 2.75) is 33.6 Å². The van der Waals surface area contributed by atoms with Crippen molar-refractivity contribution in [3.63, 3.8) is 0 Å². The van der Waals surface area contributed by atoms with E-state index in [1.165, 1.54) is 5.56 Å². The Kier molecular flexibility index (Phi) is 4.74. The fourth-order valence-electron chi connectivity index (χ4n) is 2.98. The molecule has 0 saturated carbocycles. The number of aryl methyl sites for hydroxylation is 2. The molecule has 0 amide bonds. The maximum absolute atomic E-state index is 5.93. The number of aromatic nitrogens is 3. The van der Waals surface area contributed by atoms with Crippen LogP contribution in [-0.4, -0.2) is 34.6 Å². The van der Waals surface area contributed by atoms with E-state index in [-0.39, 0.29) is 0 Å². The third kappa shape index (κ3) is 3.78. The highest BCUT2D eigenvalue weighted by atomic mass is 16.5. The van der Waals surface area contributed by atoms with Gasteiger partial charge >= 0.3 is 0 Å². The van der Waals surface area contributed by atoms with E-state index in [0.29, 0.717) is 5.92 Å². The quantitative estimate of drug-likeness (QED) is 0.868. The molecule has 0 aromatic carbocycles. The van der Waals surface area contributed by atoms with Gasteiger partial charge in [-0.25, -0.2) is 9.97 Å². The third-order valence-electron chi connectivity index (χ3n) is 4.58. The van der Waals surface area contributed by atoms with Gasteiger partial charge in [0.1, 0.15) is 17.9 Å². The van der Waals surface area contributed by atoms with Gasteiger partial charge in [-0.2, -0.15) is 0 Å². The summed E-state index contributed by atoms with van der Waals surface area (Å²) >= 11 is 0. The van der Waals surface area contributed by atoms with Crippen LogP contribution in [0.2, 0.25) is 0 Å². The highest BCUT2D eigenvalue weighted by molar-refractivity contribution is 5.47. The van der Waals surface area contributed by atoms with Crippen LogP contribution in [-0.2, 0) is 0 Å². The first-order valence-corrected chi connectivity index (χ1v) is 8.22. The molecule has 0 unspecified atom stereocenters. The number of ether oxygens (including phenoxy) is 1. The fourth-order valence-corrected chi connectivity index (χ4v) is 2.98. The molecule has 5 heteroatoms. The highest BCUT2D eigenvalue weighted by Crippen LogP contribution is 2.25. The lowest BCUT2D eigenvalue weighted by molar-refractivity contribution is 0.222. The van der Waals surface area contributed by atoms with Gasteiger partial charge in [-0.1, -0.05) is 0 Å². The molecule has 5 nitrogen and oxygen atoms in total. The first-order valence-electron chi connectivity index (χ1n) is 8.22. The summed E-state index contributed by atoms with van der Waals surface area (Å²) < 4.78 is 5.93. The van der Waals surface area contributed by atoms with Gasteiger partial charge in [0.25, 0.3) is 0 Å². The minimum Gasteiger partial charge on any atom is -0.493 e. The van der Waals surface area contributed by atoms with Crippen LogP contribution in [0, 0.1) is 26.7 Å². The minimum atomic E-state index is 0.600. The number of nitrogens with zero attached hydrogens (tertiary/aromatic N) is 4. The largest absolute Gasteiger partial charge is 0.493 e. The average Bonchev–Trinajstić information content (AvgIpc) is 2.56. The molecule has 1 aliphatic heterocycles. The number of rotatable bonds is 4. The average molecular weight is 312 g/mol. The molecular weight excluding hydrogens is 288 g/mol. The van der Waals surface area contributed by atoms with E-state index in [0.717, 1.165) is 55.5 Å². The molecule has 122 valence electrons. The summed E-state index contributed by atoms with van der Waals surface area (Å²) in [5.41, 5.74) is 3.25. The van der Waals surface area contributed by atoms with Crippen LogP contribution in [0.15, 0.2) is 24.7 Å². The second kappa shape index (κ2) is 6.94. The molecule has 0 aliphatic carbocycles. The molecule has 1 aliphatic rings. The van der Waals surface area contributed by atoms with Gasteiger partial charge in [-0.05, 0) is 45.6 Å². The summed E-state index contributed by atoms with van der Waals surface area (Å²) in [7, 11) is 0. The summed E-state index contributed by atoms with van der Waals surface area (Å²) in [5.74, 6) is 2.60. The van der Waals surface area contributed by atoms with Gasteiger partial charge < -0.3 is 9.64 Å². The van der Waals surface area contributed by atoms with Crippen LogP contribution in [0.25, 0.3) is 0 Å². The topological polar surface area (TPSA) is 51.1 Å². The molecule has 0 radical (unpaired) electrons. The molecule has 0 atom stereocenters. The fraction of sp³-hybridized carbons (Fsp3) is 0.500. The van der Waals surface area contributed by atoms with Crippen molar-refractivity contribution in [1.82, 2.24) is 15.0 Å². The zero-order chi connectivity index (χ0) is 16.2. The zero-order valence-electron chi connectivity index (χ0n) is 14.1. The summed E-state index contributed by atoms with van der Waals surface area (Å²) in [4.78, 5) is 15.3. The SMILES string of the molecule is Cc1cc(OCC2CCN(c3ncnc(C)c3C)CC2)ccn1. The normalized spacial score (nSPS) is 15.7. The Balaban J connectivity index is 1.53. The zero-order valence-corrected chi connectivity index (χ0v) is 14.1. The Hall–Kier alpha value is -2.17. The number of hydrogen-bond acceptors (Lipinski definition) is 5. The molecule has 2 aromatic heterocycles. The lowest BCUT2D eigenvalue weighted by Gasteiger charge is -2.33. The van der Waals surface area contributed by atoms with Gasteiger partial charge in [0.05, 0.1) is 6.61 Å². The van der Waals surface area contributed by atoms with Gasteiger partial charge in [0, 0.05) is 42.3 Å². The summed E-state index contributed by atoms with van der Waals surface area (Å²) in [6.45, 7) is 8.96. The van der Waals surface area contributed by atoms with Crippen molar-refractivity contribution in [2.24, 2.45) is 5.92 Å².